The molecule has 158 valence electrons. The first-order chi connectivity index (χ1) is 14.0. The molecule has 7 heteroatoms. The SMILES string of the molecule is CN=C(NCCCc1nc(C(C)C)no1)NCc1ccc(C)cc1OCC1CC1. The van der Waals surface area contributed by atoms with Crippen molar-refractivity contribution in [2.75, 3.05) is 20.2 Å². The predicted molar refractivity (Wildman–Crippen MR) is 114 cm³/mol. The normalized spacial score (nSPS) is 14.3. The minimum absolute atomic E-state index is 0.286. The molecule has 0 aliphatic heterocycles. The molecule has 1 heterocycles. The van der Waals surface area contributed by atoms with Gasteiger partial charge >= 0.3 is 0 Å². The zero-order chi connectivity index (χ0) is 20.6. The fourth-order valence-electron chi connectivity index (χ4n) is 2.88. The molecule has 1 saturated carbocycles. The maximum absolute atomic E-state index is 6.05. The Morgan fingerprint density at radius 3 is 2.83 bits per heavy atom. The molecule has 29 heavy (non-hydrogen) atoms. The zero-order valence-electron chi connectivity index (χ0n) is 18.0. The molecule has 2 N–H and O–H groups in total. The number of hydrogen-bond donors (Lipinski definition) is 2. The Kier molecular flexibility index (Phi) is 7.49. The van der Waals surface area contributed by atoms with E-state index in [1.165, 1.54) is 18.4 Å². The van der Waals surface area contributed by atoms with Gasteiger partial charge in [0, 0.05) is 38.0 Å². The summed E-state index contributed by atoms with van der Waals surface area (Å²) in [5, 5.41) is 10.7. The molecule has 1 aliphatic carbocycles. The Morgan fingerprint density at radius 2 is 2.14 bits per heavy atom. The van der Waals surface area contributed by atoms with Gasteiger partial charge in [0.05, 0.1) is 6.61 Å². The number of benzene rings is 1. The lowest BCUT2D eigenvalue weighted by Gasteiger charge is -2.15. The van der Waals surface area contributed by atoms with Crippen LogP contribution in [0.15, 0.2) is 27.7 Å². The molecular formula is C22H33N5O2. The van der Waals surface area contributed by atoms with Gasteiger partial charge in [-0.25, -0.2) is 0 Å². The Bertz CT molecular complexity index is 811. The van der Waals surface area contributed by atoms with Gasteiger partial charge in [-0.2, -0.15) is 4.98 Å². The molecule has 0 spiro atoms. The van der Waals surface area contributed by atoms with Crippen molar-refractivity contribution in [2.45, 2.75) is 58.9 Å². The highest BCUT2D eigenvalue weighted by Crippen LogP contribution is 2.30. The molecule has 0 amide bonds. The first-order valence-electron chi connectivity index (χ1n) is 10.5. The summed E-state index contributed by atoms with van der Waals surface area (Å²) >= 11 is 0. The van der Waals surface area contributed by atoms with Crippen molar-refractivity contribution in [1.82, 2.24) is 20.8 Å². The monoisotopic (exact) mass is 399 g/mol. The number of nitrogens with zero attached hydrogens (tertiary/aromatic N) is 3. The predicted octanol–water partition coefficient (Wildman–Crippen LogP) is 3.59. The number of aromatic nitrogens is 2. The maximum Gasteiger partial charge on any atom is 0.226 e. The molecule has 3 rings (SSSR count). The molecular weight excluding hydrogens is 366 g/mol. The fourth-order valence-corrected chi connectivity index (χ4v) is 2.88. The van der Waals surface area contributed by atoms with Gasteiger partial charge < -0.3 is 19.9 Å². The highest BCUT2D eigenvalue weighted by atomic mass is 16.5. The van der Waals surface area contributed by atoms with E-state index in [-0.39, 0.29) is 5.92 Å². The second kappa shape index (κ2) is 10.3. The minimum Gasteiger partial charge on any atom is -0.493 e. The van der Waals surface area contributed by atoms with E-state index in [0.29, 0.717) is 12.4 Å². The van der Waals surface area contributed by atoms with Gasteiger partial charge in [-0.15, -0.1) is 0 Å². The van der Waals surface area contributed by atoms with Crippen molar-refractivity contribution in [3.05, 3.63) is 41.0 Å². The van der Waals surface area contributed by atoms with Crippen LogP contribution < -0.4 is 15.4 Å². The second-order valence-electron chi connectivity index (χ2n) is 8.02. The smallest absolute Gasteiger partial charge is 0.226 e. The molecule has 1 fully saturated rings. The van der Waals surface area contributed by atoms with Crippen LogP contribution in [-0.2, 0) is 13.0 Å². The second-order valence-corrected chi connectivity index (χ2v) is 8.02. The first-order valence-corrected chi connectivity index (χ1v) is 10.5. The Balaban J connectivity index is 1.42. The molecule has 0 saturated heterocycles. The van der Waals surface area contributed by atoms with E-state index in [4.69, 9.17) is 9.26 Å². The number of aliphatic imine (C=N–C) groups is 1. The van der Waals surface area contributed by atoms with Gasteiger partial charge in [0.1, 0.15) is 5.75 Å². The van der Waals surface area contributed by atoms with E-state index in [2.05, 4.69) is 64.7 Å². The number of rotatable bonds is 10. The summed E-state index contributed by atoms with van der Waals surface area (Å²) in [6, 6.07) is 6.36. The van der Waals surface area contributed by atoms with Gasteiger partial charge in [-0.3, -0.25) is 4.99 Å². The average molecular weight is 400 g/mol. The summed E-state index contributed by atoms with van der Waals surface area (Å²) in [6.07, 6.45) is 4.22. The van der Waals surface area contributed by atoms with E-state index >= 15 is 0 Å². The summed E-state index contributed by atoms with van der Waals surface area (Å²) in [5.41, 5.74) is 2.36. The van der Waals surface area contributed by atoms with Crippen LogP contribution >= 0.6 is 0 Å². The molecule has 0 radical (unpaired) electrons. The van der Waals surface area contributed by atoms with E-state index in [1.54, 1.807) is 7.05 Å². The van der Waals surface area contributed by atoms with Crippen molar-refractivity contribution in [3.63, 3.8) is 0 Å². The molecule has 1 aromatic heterocycles. The molecule has 0 atom stereocenters. The van der Waals surface area contributed by atoms with Crippen LogP contribution in [0, 0.1) is 12.8 Å². The van der Waals surface area contributed by atoms with Crippen LogP contribution in [0.2, 0.25) is 0 Å². The number of guanidine groups is 1. The van der Waals surface area contributed by atoms with Crippen molar-refractivity contribution < 1.29 is 9.26 Å². The topological polar surface area (TPSA) is 84.6 Å². The summed E-state index contributed by atoms with van der Waals surface area (Å²) in [4.78, 5) is 8.72. The maximum atomic E-state index is 6.05. The lowest BCUT2D eigenvalue weighted by atomic mass is 10.1. The Morgan fingerprint density at radius 1 is 1.31 bits per heavy atom. The summed E-state index contributed by atoms with van der Waals surface area (Å²) in [6.45, 7) is 8.47. The average Bonchev–Trinajstić information content (AvgIpc) is 3.42. The van der Waals surface area contributed by atoms with Crippen LogP contribution in [0.4, 0.5) is 0 Å². The highest BCUT2D eigenvalue weighted by Gasteiger charge is 2.22. The molecule has 0 bridgehead atoms. The van der Waals surface area contributed by atoms with Crippen LogP contribution in [0.25, 0.3) is 0 Å². The summed E-state index contributed by atoms with van der Waals surface area (Å²) < 4.78 is 11.3. The number of nitrogens with one attached hydrogen (secondary N) is 2. The molecule has 0 unspecified atom stereocenters. The molecule has 1 aliphatic rings. The molecule has 1 aromatic carbocycles. The molecule has 2 aromatic rings. The van der Waals surface area contributed by atoms with E-state index in [1.807, 2.05) is 0 Å². The Labute approximate surface area is 173 Å². The minimum atomic E-state index is 0.286. The van der Waals surface area contributed by atoms with Crippen LogP contribution in [0.3, 0.4) is 0 Å². The van der Waals surface area contributed by atoms with Crippen molar-refractivity contribution in [1.29, 1.82) is 0 Å². The molecule has 7 nitrogen and oxygen atoms in total. The third-order valence-corrected chi connectivity index (χ3v) is 4.92. The van der Waals surface area contributed by atoms with Crippen molar-refractivity contribution in [3.8, 4) is 5.75 Å². The van der Waals surface area contributed by atoms with Crippen molar-refractivity contribution in [2.24, 2.45) is 10.9 Å². The van der Waals surface area contributed by atoms with Crippen molar-refractivity contribution >= 4 is 5.96 Å². The lowest BCUT2D eigenvalue weighted by molar-refractivity contribution is 0.296. The van der Waals surface area contributed by atoms with Gasteiger partial charge in [-0.05, 0) is 43.7 Å². The number of ether oxygens (including phenoxy) is 1. The largest absolute Gasteiger partial charge is 0.493 e. The number of aryl methyl sites for hydroxylation is 2. The quantitative estimate of drug-likeness (QED) is 0.361. The highest BCUT2D eigenvalue weighted by molar-refractivity contribution is 5.79. The lowest BCUT2D eigenvalue weighted by Crippen LogP contribution is -2.37. The third-order valence-electron chi connectivity index (χ3n) is 4.92. The summed E-state index contributed by atoms with van der Waals surface area (Å²) in [5.74, 6) is 4.22. The van der Waals surface area contributed by atoms with Crippen LogP contribution in [0.1, 0.15) is 61.9 Å². The third kappa shape index (κ3) is 6.76. The Hall–Kier alpha value is -2.57. The zero-order valence-corrected chi connectivity index (χ0v) is 18.0. The van der Waals surface area contributed by atoms with Gasteiger partial charge in [0.15, 0.2) is 11.8 Å². The first kappa shape index (κ1) is 21.1. The van der Waals surface area contributed by atoms with E-state index in [9.17, 15) is 0 Å². The van der Waals surface area contributed by atoms with Crippen LogP contribution in [0.5, 0.6) is 5.75 Å². The van der Waals surface area contributed by atoms with Gasteiger partial charge in [0.2, 0.25) is 5.89 Å². The van der Waals surface area contributed by atoms with Gasteiger partial charge in [-0.1, -0.05) is 31.1 Å². The van der Waals surface area contributed by atoms with Crippen LogP contribution in [-0.4, -0.2) is 36.3 Å². The van der Waals surface area contributed by atoms with Gasteiger partial charge in [0.25, 0.3) is 0 Å². The summed E-state index contributed by atoms with van der Waals surface area (Å²) in [7, 11) is 1.78. The van der Waals surface area contributed by atoms with E-state index < -0.39 is 0 Å². The fraction of sp³-hybridized carbons (Fsp3) is 0.591. The number of hydrogen-bond acceptors (Lipinski definition) is 5. The van der Waals surface area contributed by atoms with E-state index in [0.717, 1.165) is 55.0 Å². The standard InChI is InChI=1S/C22H33N5O2/c1-15(2)21-26-20(29-27-21)6-5-11-24-22(23-4)25-13-18-10-7-16(3)12-19(18)28-14-17-8-9-17/h7,10,12,15,17H,5-6,8-9,11,13-14H2,1-4H3,(H2,23,24,25).